The van der Waals surface area contributed by atoms with Crippen LogP contribution in [0.3, 0.4) is 0 Å². The van der Waals surface area contributed by atoms with Crippen LogP contribution in [-0.2, 0) is 18.1 Å². The second kappa shape index (κ2) is 7.04. The van der Waals surface area contributed by atoms with Gasteiger partial charge in [0.2, 0.25) is 0 Å². The van der Waals surface area contributed by atoms with E-state index in [9.17, 15) is 4.57 Å². The summed E-state index contributed by atoms with van der Waals surface area (Å²) in [5, 5.41) is 0. The second-order valence-electron chi connectivity index (χ2n) is 2.03. The lowest BCUT2D eigenvalue weighted by molar-refractivity contribution is 0.136. The summed E-state index contributed by atoms with van der Waals surface area (Å²) in [5.74, 6) is 0. The third kappa shape index (κ3) is 5.77. The van der Waals surface area contributed by atoms with Gasteiger partial charge in [0.15, 0.2) is 0 Å². The smallest absolute Gasteiger partial charge is 0.287 e. The first-order valence-corrected chi connectivity index (χ1v) is 5.40. The number of hydrogen-bond acceptors (Lipinski definition) is 4. The summed E-state index contributed by atoms with van der Waals surface area (Å²) in [6.07, 6.45) is 2.95. The van der Waals surface area contributed by atoms with Crippen molar-refractivity contribution < 1.29 is 18.1 Å². The summed E-state index contributed by atoms with van der Waals surface area (Å²) < 4.78 is 26.2. The van der Waals surface area contributed by atoms with Gasteiger partial charge in [0, 0.05) is 0 Å². The molecule has 0 aromatic heterocycles. The van der Waals surface area contributed by atoms with Crippen LogP contribution in [-0.4, -0.2) is 19.8 Å². The van der Waals surface area contributed by atoms with E-state index in [-0.39, 0.29) is 19.8 Å². The van der Waals surface area contributed by atoms with Crippen molar-refractivity contribution in [2.45, 2.75) is 6.92 Å². The molecule has 0 aliphatic rings. The van der Waals surface area contributed by atoms with E-state index >= 15 is 0 Å². The summed E-state index contributed by atoms with van der Waals surface area (Å²) in [6.45, 7) is 9.10. The van der Waals surface area contributed by atoms with Crippen LogP contribution in [0, 0.1) is 0 Å². The normalized spacial score (nSPS) is 11.2. The predicted molar refractivity (Wildman–Crippen MR) is 51.5 cm³/mol. The molecule has 0 aliphatic heterocycles. The molecule has 0 N–H and O–H groups in total. The van der Waals surface area contributed by atoms with E-state index in [1.54, 1.807) is 6.92 Å². The number of rotatable bonds is 8. The molecule has 4 nitrogen and oxygen atoms in total. The van der Waals surface area contributed by atoms with Crippen molar-refractivity contribution in [3.05, 3.63) is 25.3 Å². The van der Waals surface area contributed by atoms with Crippen molar-refractivity contribution in [2.75, 3.05) is 19.8 Å². The number of phosphoric ester groups is 1. The molecule has 0 radical (unpaired) electrons. The standard InChI is InChI=1S/C8H15O4P/c1-4-7-11-13(9,10-6-3)12-8-5-2/h4-5H,1-2,6-8H2,3H3. The minimum absolute atomic E-state index is 0.133. The van der Waals surface area contributed by atoms with E-state index in [0.29, 0.717) is 0 Å². The van der Waals surface area contributed by atoms with Gasteiger partial charge in [-0.25, -0.2) is 4.57 Å². The fraction of sp³-hybridized carbons (Fsp3) is 0.500. The number of hydrogen-bond donors (Lipinski definition) is 0. The van der Waals surface area contributed by atoms with E-state index in [1.165, 1.54) is 12.2 Å². The maximum atomic E-state index is 11.6. The molecule has 0 spiro atoms. The van der Waals surface area contributed by atoms with E-state index in [2.05, 4.69) is 13.2 Å². The minimum atomic E-state index is -3.39. The summed E-state index contributed by atoms with van der Waals surface area (Å²) in [6, 6.07) is 0. The molecule has 13 heavy (non-hydrogen) atoms. The SMILES string of the molecule is C=CCOP(=O)(OCC)OCC=C. The highest BCUT2D eigenvalue weighted by Gasteiger charge is 2.24. The molecule has 0 unspecified atom stereocenters. The lowest BCUT2D eigenvalue weighted by Gasteiger charge is -2.14. The molecular weight excluding hydrogens is 191 g/mol. The average molecular weight is 206 g/mol. The van der Waals surface area contributed by atoms with Crippen molar-refractivity contribution in [2.24, 2.45) is 0 Å². The van der Waals surface area contributed by atoms with Gasteiger partial charge in [-0.05, 0) is 6.92 Å². The largest absolute Gasteiger partial charge is 0.475 e. The van der Waals surface area contributed by atoms with Gasteiger partial charge >= 0.3 is 7.82 Å². The molecule has 76 valence electrons. The molecule has 0 saturated heterocycles. The molecule has 0 heterocycles. The summed E-state index contributed by atoms with van der Waals surface area (Å²) in [7, 11) is -3.39. The lowest BCUT2D eigenvalue weighted by atomic mass is 10.7. The number of phosphoric acid groups is 1. The Kier molecular flexibility index (Phi) is 6.82. The van der Waals surface area contributed by atoms with Crippen molar-refractivity contribution in [3.8, 4) is 0 Å². The van der Waals surface area contributed by atoms with Gasteiger partial charge in [-0.15, -0.1) is 13.2 Å². The Bertz CT molecular complexity index is 186. The Hall–Kier alpha value is -0.410. The zero-order valence-corrected chi connectivity index (χ0v) is 8.66. The maximum absolute atomic E-state index is 11.6. The summed E-state index contributed by atoms with van der Waals surface area (Å²) in [5.41, 5.74) is 0. The highest BCUT2D eigenvalue weighted by Crippen LogP contribution is 2.49. The molecule has 0 aliphatic carbocycles. The molecule has 0 aromatic rings. The zero-order valence-electron chi connectivity index (χ0n) is 7.77. The maximum Gasteiger partial charge on any atom is 0.475 e. The Balaban J connectivity index is 4.06. The monoisotopic (exact) mass is 206 g/mol. The van der Waals surface area contributed by atoms with E-state index < -0.39 is 7.82 Å². The zero-order chi connectivity index (χ0) is 10.2. The highest BCUT2D eigenvalue weighted by atomic mass is 31.2. The van der Waals surface area contributed by atoms with Crippen molar-refractivity contribution in [3.63, 3.8) is 0 Å². The molecule has 5 heteroatoms. The quantitative estimate of drug-likeness (QED) is 0.452. The Morgan fingerprint density at radius 1 is 1.15 bits per heavy atom. The molecule has 0 aromatic carbocycles. The van der Waals surface area contributed by atoms with Gasteiger partial charge in [0.1, 0.15) is 0 Å². The Morgan fingerprint density at radius 3 is 1.92 bits per heavy atom. The second-order valence-corrected chi connectivity index (χ2v) is 3.70. The van der Waals surface area contributed by atoms with Crippen LogP contribution < -0.4 is 0 Å². The van der Waals surface area contributed by atoms with Gasteiger partial charge in [-0.2, -0.15) is 0 Å². The molecule has 0 bridgehead atoms. The fourth-order valence-electron chi connectivity index (χ4n) is 0.558. The average Bonchev–Trinajstić information content (AvgIpc) is 2.12. The Morgan fingerprint density at radius 2 is 1.62 bits per heavy atom. The highest BCUT2D eigenvalue weighted by molar-refractivity contribution is 7.48. The summed E-state index contributed by atoms with van der Waals surface area (Å²) >= 11 is 0. The first-order valence-electron chi connectivity index (χ1n) is 3.94. The van der Waals surface area contributed by atoms with Crippen molar-refractivity contribution in [1.82, 2.24) is 0 Å². The van der Waals surface area contributed by atoms with Gasteiger partial charge in [0.25, 0.3) is 0 Å². The third-order valence-corrected chi connectivity index (χ3v) is 2.49. The van der Waals surface area contributed by atoms with E-state index in [1.807, 2.05) is 0 Å². The van der Waals surface area contributed by atoms with E-state index in [4.69, 9.17) is 13.6 Å². The molecule has 0 atom stereocenters. The van der Waals surface area contributed by atoms with Crippen molar-refractivity contribution >= 4 is 7.82 Å². The lowest BCUT2D eigenvalue weighted by Crippen LogP contribution is -2.00. The third-order valence-electron chi connectivity index (χ3n) is 0.988. The van der Waals surface area contributed by atoms with Crippen LogP contribution in [0.2, 0.25) is 0 Å². The first kappa shape index (κ1) is 12.6. The molecule has 0 fully saturated rings. The molecule has 0 rings (SSSR count). The Labute approximate surface area is 78.8 Å². The minimum Gasteiger partial charge on any atom is -0.287 e. The van der Waals surface area contributed by atoms with Crippen LogP contribution in [0.4, 0.5) is 0 Å². The van der Waals surface area contributed by atoms with Gasteiger partial charge in [-0.3, -0.25) is 13.6 Å². The predicted octanol–water partition coefficient (Wildman–Crippen LogP) is 2.54. The molecule has 0 saturated carbocycles. The summed E-state index contributed by atoms with van der Waals surface area (Å²) in [4.78, 5) is 0. The van der Waals surface area contributed by atoms with Crippen LogP contribution in [0.5, 0.6) is 0 Å². The van der Waals surface area contributed by atoms with Gasteiger partial charge in [0.05, 0.1) is 19.8 Å². The van der Waals surface area contributed by atoms with Gasteiger partial charge in [-0.1, -0.05) is 12.2 Å². The van der Waals surface area contributed by atoms with Crippen LogP contribution in [0.25, 0.3) is 0 Å². The fourth-order valence-corrected chi connectivity index (χ4v) is 1.67. The van der Waals surface area contributed by atoms with Gasteiger partial charge < -0.3 is 0 Å². The topological polar surface area (TPSA) is 44.8 Å². The van der Waals surface area contributed by atoms with E-state index in [0.717, 1.165) is 0 Å². The van der Waals surface area contributed by atoms with Crippen LogP contribution >= 0.6 is 7.82 Å². The van der Waals surface area contributed by atoms with Crippen LogP contribution in [0.1, 0.15) is 6.92 Å². The van der Waals surface area contributed by atoms with Crippen LogP contribution in [0.15, 0.2) is 25.3 Å². The molecular formula is C8H15O4P. The molecule has 0 amide bonds. The van der Waals surface area contributed by atoms with Crippen molar-refractivity contribution in [1.29, 1.82) is 0 Å². The first-order chi connectivity index (χ1) is 6.18.